The molecule has 1 atom stereocenters. The number of methoxy groups -OCH3 is 1. The lowest BCUT2D eigenvalue weighted by molar-refractivity contribution is 0.178. The molecule has 1 unspecified atom stereocenters. The zero-order chi connectivity index (χ0) is 14.8. The first-order valence-corrected chi connectivity index (χ1v) is 7.12. The van der Waals surface area contributed by atoms with Crippen molar-refractivity contribution < 1.29 is 9.47 Å². The summed E-state index contributed by atoms with van der Waals surface area (Å²) in [5, 5.41) is 4.24. The van der Waals surface area contributed by atoms with E-state index < -0.39 is 0 Å². The number of rotatable bonds is 4. The third-order valence-corrected chi connectivity index (χ3v) is 3.94. The first-order valence-electron chi connectivity index (χ1n) is 6.37. The van der Waals surface area contributed by atoms with E-state index in [9.17, 15) is 0 Å². The maximum atomic E-state index is 6.15. The van der Waals surface area contributed by atoms with Gasteiger partial charge in [-0.1, -0.05) is 29.3 Å². The lowest BCUT2D eigenvalue weighted by atomic mass is 10.1. The van der Waals surface area contributed by atoms with Crippen molar-refractivity contribution in [3.8, 4) is 5.75 Å². The monoisotopic (exact) mass is 325 g/mol. The van der Waals surface area contributed by atoms with E-state index in [1.807, 2.05) is 6.07 Å². The van der Waals surface area contributed by atoms with Gasteiger partial charge < -0.3 is 14.8 Å². The highest BCUT2D eigenvalue weighted by atomic mass is 35.5. The first kappa shape index (κ1) is 14.4. The van der Waals surface area contributed by atoms with Crippen molar-refractivity contribution in [2.75, 3.05) is 19.0 Å². The summed E-state index contributed by atoms with van der Waals surface area (Å²) in [5.41, 5.74) is 0.969. The van der Waals surface area contributed by atoms with Gasteiger partial charge in [0.05, 0.1) is 11.1 Å². The van der Waals surface area contributed by atoms with Gasteiger partial charge >= 0.3 is 0 Å². The smallest absolute Gasteiger partial charge is 0.156 e. The number of benzene rings is 1. The molecule has 5 nitrogen and oxygen atoms in total. The van der Waals surface area contributed by atoms with Crippen LogP contribution in [0, 0.1) is 0 Å². The average Bonchev–Trinajstić information content (AvgIpc) is 2.87. The fourth-order valence-corrected chi connectivity index (χ4v) is 2.58. The number of halogens is 2. The molecule has 0 saturated carbocycles. The molecule has 0 amide bonds. The van der Waals surface area contributed by atoms with Gasteiger partial charge in [-0.2, -0.15) is 0 Å². The minimum atomic E-state index is -0.0277. The van der Waals surface area contributed by atoms with E-state index in [0.29, 0.717) is 40.7 Å². The van der Waals surface area contributed by atoms with Crippen LogP contribution in [0.1, 0.15) is 17.4 Å². The van der Waals surface area contributed by atoms with E-state index in [0.717, 1.165) is 5.56 Å². The predicted octanol–water partition coefficient (Wildman–Crippen LogP) is 3.48. The molecule has 7 heteroatoms. The molecule has 0 saturated heterocycles. The summed E-state index contributed by atoms with van der Waals surface area (Å²) in [5.74, 6) is 1.97. The molecule has 0 fully saturated rings. The quantitative estimate of drug-likeness (QED) is 0.932. The Morgan fingerprint density at radius 1 is 1.38 bits per heavy atom. The minimum absolute atomic E-state index is 0.0277. The van der Waals surface area contributed by atoms with Crippen LogP contribution in [0.4, 0.5) is 5.82 Å². The Bertz CT molecular complexity index is 667. The molecular formula is C14H13Cl2N3O2. The summed E-state index contributed by atoms with van der Waals surface area (Å²) in [7, 11) is 1.61. The highest BCUT2D eigenvalue weighted by Crippen LogP contribution is 2.42. The van der Waals surface area contributed by atoms with Crippen LogP contribution in [0.2, 0.25) is 10.0 Å². The molecule has 0 spiro atoms. The molecule has 0 aliphatic carbocycles. The fourth-order valence-electron chi connectivity index (χ4n) is 2.20. The summed E-state index contributed by atoms with van der Waals surface area (Å²) < 4.78 is 10.7. The molecule has 3 rings (SSSR count). The van der Waals surface area contributed by atoms with Gasteiger partial charge in [0.1, 0.15) is 29.8 Å². The highest BCUT2D eigenvalue weighted by Gasteiger charge is 2.27. The second-order valence-electron chi connectivity index (χ2n) is 4.58. The minimum Gasteiger partial charge on any atom is -0.489 e. The van der Waals surface area contributed by atoms with Gasteiger partial charge in [-0.15, -0.1) is 0 Å². The average molecular weight is 326 g/mol. The molecule has 1 aliphatic heterocycles. The third kappa shape index (κ3) is 2.90. The molecule has 1 aromatic carbocycles. The van der Waals surface area contributed by atoms with Crippen LogP contribution in [-0.2, 0) is 11.3 Å². The van der Waals surface area contributed by atoms with Crippen LogP contribution >= 0.6 is 23.2 Å². The SMILES string of the molecule is COCc1nccc(NC2COc3c2ccc(Cl)c3Cl)n1. The summed E-state index contributed by atoms with van der Waals surface area (Å²) in [6.07, 6.45) is 1.69. The van der Waals surface area contributed by atoms with Crippen molar-refractivity contribution in [2.24, 2.45) is 0 Å². The zero-order valence-electron chi connectivity index (χ0n) is 11.3. The van der Waals surface area contributed by atoms with Crippen LogP contribution in [0.25, 0.3) is 0 Å². The zero-order valence-corrected chi connectivity index (χ0v) is 12.8. The van der Waals surface area contributed by atoms with Gasteiger partial charge in [-0.25, -0.2) is 9.97 Å². The van der Waals surface area contributed by atoms with Gasteiger partial charge in [0.25, 0.3) is 0 Å². The maximum absolute atomic E-state index is 6.15. The number of fused-ring (bicyclic) bond motifs is 1. The molecule has 0 radical (unpaired) electrons. The Morgan fingerprint density at radius 2 is 2.24 bits per heavy atom. The number of ether oxygens (including phenoxy) is 2. The molecule has 1 aromatic heterocycles. The number of aromatic nitrogens is 2. The van der Waals surface area contributed by atoms with Crippen LogP contribution < -0.4 is 10.1 Å². The summed E-state index contributed by atoms with van der Waals surface area (Å²) in [6, 6.07) is 5.45. The van der Waals surface area contributed by atoms with Crippen molar-refractivity contribution in [1.82, 2.24) is 9.97 Å². The van der Waals surface area contributed by atoms with Crippen LogP contribution in [-0.4, -0.2) is 23.7 Å². The van der Waals surface area contributed by atoms with Gasteiger partial charge in [0.15, 0.2) is 5.82 Å². The second kappa shape index (κ2) is 6.05. The van der Waals surface area contributed by atoms with Gasteiger partial charge in [-0.05, 0) is 12.1 Å². The van der Waals surface area contributed by atoms with E-state index in [-0.39, 0.29) is 6.04 Å². The number of anilines is 1. The normalized spacial score (nSPS) is 16.4. The lowest BCUT2D eigenvalue weighted by Crippen LogP contribution is -2.13. The number of nitrogens with zero attached hydrogens (tertiary/aromatic N) is 2. The second-order valence-corrected chi connectivity index (χ2v) is 5.36. The Labute approximate surface area is 132 Å². The molecular weight excluding hydrogens is 313 g/mol. The van der Waals surface area contributed by atoms with Crippen molar-refractivity contribution in [3.63, 3.8) is 0 Å². The van der Waals surface area contributed by atoms with Gasteiger partial charge in [0, 0.05) is 18.9 Å². The van der Waals surface area contributed by atoms with Crippen LogP contribution in [0.15, 0.2) is 24.4 Å². The topological polar surface area (TPSA) is 56.3 Å². The Morgan fingerprint density at radius 3 is 3.05 bits per heavy atom. The highest BCUT2D eigenvalue weighted by molar-refractivity contribution is 6.43. The van der Waals surface area contributed by atoms with Crippen molar-refractivity contribution in [2.45, 2.75) is 12.6 Å². The molecule has 110 valence electrons. The van der Waals surface area contributed by atoms with E-state index in [4.69, 9.17) is 32.7 Å². The van der Waals surface area contributed by atoms with E-state index in [1.54, 1.807) is 25.4 Å². The Kier molecular flexibility index (Phi) is 4.14. The largest absolute Gasteiger partial charge is 0.489 e. The molecule has 0 bridgehead atoms. The molecule has 1 N–H and O–H groups in total. The summed E-state index contributed by atoms with van der Waals surface area (Å²) in [6.45, 7) is 0.841. The Balaban J connectivity index is 1.82. The Hall–Kier alpha value is -1.56. The first-order chi connectivity index (χ1) is 10.2. The van der Waals surface area contributed by atoms with Crippen LogP contribution in [0.3, 0.4) is 0 Å². The van der Waals surface area contributed by atoms with Crippen molar-refractivity contribution in [3.05, 3.63) is 45.8 Å². The van der Waals surface area contributed by atoms with Crippen LogP contribution in [0.5, 0.6) is 5.75 Å². The molecule has 2 heterocycles. The molecule has 2 aromatic rings. The number of nitrogens with one attached hydrogen (secondary N) is 1. The standard InChI is InChI=1S/C14H13Cl2N3O2/c1-20-7-12-17-5-4-11(19-12)18-10-6-21-14-8(10)2-3-9(15)13(14)16/h2-5,10H,6-7H2,1H3,(H,17,18,19). The van der Waals surface area contributed by atoms with Crippen molar-refractivity contribution in [1.29, 1.82) is 0 Å². The maximum Gasteiger partial charge on any atom is 0.156 e. The van der Waals surface area contributed by atoms with E-state index in [2.05, 4.69) is 15.3 Å². The third-order valence-electron chi connectivity index (χ3n) is 3.15. The summed E-state index contributed by atoms with van der Waals surface area (Å²) >= 11 is 12.1. The molecule has 1 aliphatic rings. The van der Waals surface area contributed by atoms with E-state index in [1.165, 1.54) is 0 Å². The van der Waals surface area contributed by atoms with Crippen molar-refractivity contribution >= 4 is 29.0 Å². The summed E-state index contributed by atoms with van der Waals surface area (Å²) in [4.78, 5) is 8.50. The fraction of sp³-hybridized carbons (Fsp3) is 0.286. The number of hydrogen-bond acceptors (Lipinski definition) is 5. The van der Waals surface area contributed by atoms with Gasteiger partial charge in [-0.3, -0.25) is 0 Å². The van der Waals surface area contributed by atoms with E-state index >= 15 is 0 Å². The number of hydrogen-bond donors (Lipinski definition) is 1. The molecule has 21 heavy (non-hydrogen) atoms. The van der Waals surface area contributed by atoms with Gasteiger partial charge in [0.2, 0.25) is 0 Å². The lowest BCUT2D eigenvalue weighted by Gasteiger charge is -2.13. The predicted molar refractivity (Wildman–Crippen MR) is 81.1 cm³/mol.